The lowest BCUT2D eigenvalue weighted by molar-refractivity contribution is 0.104. The molecule has 1 heterocycles. The third-order valence-electron chi connectivity index (χ3n) is 3.55. The zero-order valence-electron chi connectivity index (χ0n) is 14.1. The molecule has 0 saturated carbocycles. The van der Waals surface area contributed by atoms with Crippen molar-refractivity contribution in [3.63, 3.8) is 0 Å². The Balaban J connectivity index is 0.00000100. The molecule has 3 rings (SSSR count). The molecule has 122 valence electrons. The number of benzene rings is 2. The highest BCUT2D eigenvalue weighted by atomic mass is 16.4. The number of aryl methyl sites for hydroxylation is 1. The minimum absolute atomic E-state index is 0.0888. The number of rotatable bonds is 3. The molecule has 2 aromatic carbocycles. The van der Waals surface area contributed by atoms with Crippen LogP contribution in [-0.4, -0.2) is 5.78 Å². The molecular weight excluding hydrogens is 300 g/mol. The maximum absolute atomic E-state index is 12.4. The van der Waals surface area contributed by atoms with E-state index in [1.807, 2.05) is 56.3 Å². The number of para-hydroxylation sites is 1. The first kappa shape index (κ1) is 17.4. The highest BCUT2D eigenvalue weighted by molar-refractivity contribution is 6.09. The first-order valence-electron chi connectivity index (χ1n) is 7.97. The quantitative estimate of drug-likeness (QED) is 0.386. The molecular formula is C21H20O3. The van der Waals surface area contributed by atoms with Gasteiger partial charge in [-0.15, -0.1) is 0 Å². The molecule has 0 aliphatic rings. The summed E-state index contributed by atoms with van der Waals surface area (Å²) in [5.41, 5.74) is 1.53. The molecule has 0 atom stereocenters. The molecule has 3 aromatic rings. The summed E-state index contributed by atoms with van der Waals surface area (Å²) in [5.74, 6) is -0.346. The van der Waals surface area contributed by atoms with Crippen LogP contribution in [0.1, 0.15) is 35.3 Å². The molecule has 24 heavy (non-hydrogen) atoms. The van der Waals surface area contributed by atoms with Gasteiger partial charge in [0.1, 0.15) is 11.1 Å². The molecule has 0 spiro atoms. The van der Waals surface area contributed by atoms with E-state index >= 15 is 0 Å². The molecule has 0 aliphatic heterocycles. The van der Waals surface area contributed by atoms with Crippen LogP contribution in [0.3, 0.4) is 0 Å². The molecule has 0 N–H and O–H groups in total. The maximum Gasteiger partial charge on any atom is 0.347 e. The molecule has 0 radical (unpaired) electrons. The standard InChI is InChI=1S/C19H14O3.C2H6/c1-13-15-9-5-6-10-17(15)22-19(21)18(13)16(20)12-11-14-7-3-2-4-8-14;1-2/h2-12H,1H3;1-2H3/b12-11+;. The van der Waals surface area contributed by atoms with E-state index in [4.69, 9.17) is 4.42 Å². The Morgan fingerprint density at radius 3 is 2.29 bits per heavy atom. The summed E-state index contributed by atoms with van der Waals surface area (Å²) >= 11 is 0. The summed E-state index contributed by atoms with van der Waals surface area (Å²) < 4.78 is 5.24. The van der Waals surface area contributed by atoms with Crippen molar-refractivity contribution in [2.75, 3.05) is 0 Å². The minimum Gasteiger partial charge on any atom is -0.422 e. The van der Waals surface area contributed by atoms with E-state index in [2.05, 4.69) is 0 Å². The van der Waals surface area contributed by atoms with E-state index in [1.165, 1.54) is 6.08 Å². The summed E-state index contributed by atoms with van der Waals surface area (Å²) in [4.78, 5) is 24.4. The van der Waals surface area contributed by atoms with Gasteiger partial charge in [0.25, 0.3) is 0 Å². The molecule has 0 unspecified atom stereocenters. The average Bonchev–Trinajstić information content (AvgIpc) is 2.62. The SMILES string of the molecule is CC.Cc1c(C(=O)/C=C/c2ccccc2)c(=O)oc2ccccc12. The smallest absolute Gasteiger partial charge is 0.347 e. The fourth-order valence-corrected chi connectivity index (χ4v) is 2.41. The number of ketones is 1. The number of carbonyl (C=O) groups is 1. The van der Waals surface area contributed by atoms with Gasteiger partial charge >= 0.3 is 5.63 Å². The molecule has 0 amide bonds. The Morgan fingerprint density at radius 2 is 1.58 bits per heavy atom. The molecule has 3 nitrogen and oxygen atoms in total. The van der Waals surface area contributed by atoms with Crippen molar-refractivity contribution < 1.29 is 9.21 Å². The predicted octanol–water partition coefficient (Wildman–Crippen LogP) is 5.02. The first-order chi connectivity index (χ1) is 11.7. The fraction of sp³-hybridized carbons (Fsp3) is 0.143. The van der Waals surface area contributed by atoms with Gasteiger partial charge in [-0.1, -0.05) is 68.5 Å². The van der Waals surface area contributed by atoms with Crippen LogP contribution >= 0.6 is 0 Å². The first-order valence-corrected chi connectivity index (χ1v) is 7.97. The summed E-state index contributed by atoms with van der Waals surface area (Å²) in [6.45, 7) is 5.77. The lowest BCUT2D eigenvalue weighted by Crippen LogP contribution is -2.14. The van der Waals surface area contributed by atoms with Gasteiger partial charge in [0.15, 0.2) is 5.78 Å². The Bertz CT molecular complexity index is 919. The van der Waals surface area contributed by atoms with E-state index in [0.29, 0.717) is 11.1 Å². The number of hydrogen-bond acceptors (Lipinski definition) is 3. The largest absolute Gasteiger partial charge is 0.422 e. The van der Waals surface area contributed by atoms with Crippen LogP contribution < -0.4 is 5.63 Å². The van der Waals surface area contributed by atoms with Gasteiger partial charge in [-0.3, -0.25) is 4.79 Å². The van der Waals surface area contributed by atoms with Crippen molar-refractivity contribution >= 4 is 22.8 Å². The number of fused-ring (bicyclic) bond motifs is 1. The van der Waals surface area contributed by atoms with Crippen LogP contribution in [0.15, 0.2) is 69.9 Å². The lowest BCUT2D eigenvalue weighted by Gasteiger charge is -2.04. The van der Waals surface area contributed by atoms with Gasteiger partial charge in [-0.2, -0.15) is 0 Å². The van der Waals surface area contributed by atoms with Gasteiger partial charge < -0.3 is 4.42 Å². The van der Waals surface area contributed by atoms with Crippen molar-refractivity contribution in [3.8, 4) is 0 Å². The number of hydrogen-bond donors (Lipinski definition) is 0. The van der Waals surface area contributed by atoms with Gasteiger partial charge in [-0.05, 0) is 30.2 Å². The van der Waals surface area contributed by atoms with Crippen LogP contribution in [-0.2, 0) is 0 Å². The third-order valence-corrected chi connectivity index (χ3v) is 3.55. The monoisotopic (exact) mass is 320 g/mol. The van der Waals surface area contributed by atoms with Crippen molar-refractivity contribution in [1.29, 1.82) is 0 Å². The minimum atomic E-state index is -0.598. The third kappa shape index (κ3) is 3.69. The molecule has 0 bridgehead atoms. The fourth-order valence-electron chi connectivity index (χ4n) is 2.41. The highest BCUT2D eigenvalue weighted by Crippen LogP contribution is 2.19. The van der Waals surface area contributed by atoms with Gasteiger partial charge in [0.2, 0.25) is 0 Å². The predicted molar refractivity (Wildman–Crippen MR) is 98.4 cm³/mol. The molecule has 1 aromatic heterocycles. The van der Waals surface area contributed by atoms with Crippen molar-refractivity contribution in [2.45, 2.75) is 20.8 Å². The zero-order valence-corrected chi connectivity index (χ0v) is 14.1. The van der Waals surface area contributed by atoms with Crippen molar-refractivity contribution in [2.24, 2.45) is 0 Å². The second-order valence-electron chi connectivity index (χ2n) is 4.99. The highest BCUT2D eigenvalue weighted by Gasteiger charge is 2.16. The van der Waals surface area contributed by atoms with Crippen LogP contribution in [0.25, 0.3) is 17.0 Å². The summed E-state index contributed by atoms with van der Waals surface area (Å²) in [5, 5.41) is 0.776. The van der Waals surface area contributed by atoms with Crippen LogP contribution in [0.5, 0.6) is 0 Å². The molecule has 0 aliphatic carbocycles. The molecule has 0 fully saturated rings. The second kappa shape index (κ2) is 8.06. The molecule has 0 saturated heterocycles. The summed E-state index contributed by atoms with van der Waals surface area (Å²) in [6.07, 6.45) is 3.10. The maximum atomic E-state index is 12.4. The Labute approximate surface area is 141 Å². The summed E-state index contributed by atoms with van der Waals surface area (Å²) in [6, 6.07) is 16.7. The van der Waals surface area contributed by atoms with E-state index in [-0.39, 0.29) is 11.3 Å². The summed E-state index contributed by atoms with van der Waals surface area (Å²) in [7, 11) is 0. The topological polar surface area (TPSA) is 47.3 Å². The van der Waals surface area contributed by atoms with Crippen LogP contribution in [0.4, 0.5) is 0 Å². The van der Waals surface area contributed by atoms with Crippen LogP contribution in [0.2, 0.25) is 0 Å². The zero-order chi connectivity index (χ0) is 17.5. The Morgan fingerprint density at radius 1 is 0.958 bits per heavy atom. The van der Waals surface area contributed by atoms with E-state index in [1.54, 1.807) is 25.1 Å². The lowest BCUT2D eigenvalue weighted by atomic mass is 10.0. The number of allylic oxidation sites excluding steroid dienone is 1. The molecule has 3 heteroatoms. The van der Waals surface area contributed by atoms with Crippen LogP contribution in [0, 0.1) is 6.92 Å². The van der Waals surface area contributed by atoms with Gasteiger partial charge in [0.05, 0.1) is 0 Å². The Hall–Kier alpha value is -2.94. The Kier molecular flexibility index (Phi) is 5.85. The second-order valence-corrected chi connectivity index (χ2v) is 4.99. The van der Waals surface area contributed by atoms with Gasteiger partial charge in [0, 0.05) is 5.39 Å². The average molecular weight is 320 g/mol. The van der Waals surface area contributed by atoms with Crippen molar-refractivity contribution in [1.82, 2.24) is 0 Å². The van der Waals surface area contributed by atoms with E-state index < -0.39 is 5.63 Å². The number of carbonyl (C=O) groups excluding carboxylic acids is 1. The van der Waals surface area contributed by atoms with E-state index in [9.17, 15) is 9.59 Å². The van der Waals surface area contributed by atoms with Crippen molar-refractivity contribution in [3.05, 3.63) is 87.8 Å². The normalized spacial score (nSPS) is 10.5. The van der Waals surface area contributed by atoms with Gasteiger partial charge in [-0.25, -0.2) is 4.79 Å². The van der Waals surface area contributed by atoms with E-state index in [0.717, 1.165) is 10.9 Å².